The van der Waals surface area contributed by atoms with Crippen molar-refractivity contribution in [3.05, 3.63) is 101 Å². The van der Waals surface area contributed by atoms with Crippen LogP contribution in [0, 0.1) is 6.92 Å². The number of hydrogen-bond acceptors (Lipinski definition) is 3. The molecule has 0 spiro atoms. The molecule has 3 aromatic rings. The predicted octanol–water partition coefficient (Wildman–Crippen LogP) is 4.04. The van der Waals surface area contributed by atoms with E-state index in [-0.39, 0.29) is 12.2 Å². The topological polar surface area (TPSA) is 57.6 Å². The molecule has 0 saturated carbocycles. The van der Waals surface area contributed by atoms with Crippen molar-refractivity contribution in [3.8, 4) is 0 Å². The van der Waals surface area contributed by atoms with Gasteiger partial charge in [0, 0.05) is 17.7 Å². The van der Waals surface area contributed by atoms with Crippen molar-refractivity contribution in [2.45, 2.75) is 25.4 Å². The number of aliphatic hydroxyl groups is 1. The molecule has 4 rings (SSSR count). The van der Waals surface area contributed by atoms with Crippen LogP contribution >= 0.6 is 0 Å². The molecule has 29 heavy (non-hydrogen) atoms. The van der Waals surface area contributed by atoms with Crippen molar-refractivity contribution >= 4 is 17.4 Å². The van der Waals surface area contributed by atoms with Crippen molar-refractivity contribution in [2.75, 3.05) is 11.4 Å². The van der Waals surface area contributed by atoms with Gasteiger partial charge in [0.2, 0.25) is 0 Å². The second kappa shape index (κ2) is 7.64. The van der Waals surface area contributed by atoms with Crippen LogP contribution in [0.1, 0.15) is 33.5 Å². The minimum atomic E-state index is -1.84. The smallest absolute Gasteiger partial charge is 0.264 e. The number of anilines is 1. The van der Waals surface area contributed by atoms with E-state index in [1.165, 1.54) is 0 Å². The first kappa shape index (κ1) is 19.1. The Morgan fingerprint density at radius 1 is 0.931 bits per heavy atom. The minimum Gasteiger partial charge on any atom is -0.375 e. The summed E-state index contributed by atoms with van der Waals surface area (Å²) in [4.78, 5) is 27.7. The monoisotopic (exact) mass is 385 g/mol. The molecule has 1 atom stereocenters. The SMILES string of the molecule is Cc1ccc(C(=O)C[C@]2(O)C(=O)N(CCc3ccccc3)c3ccccc32)cc1. The van der Waals surface area contributed by atoms with E-state index in [0.29, 0.717) is 29.8 Å². The highest BCUT2D eigenvalue weighted by Crippen LogP contribution is 2.42. The van der Waals surface area contributed by atoms with Gasteiger partial charge in [-0.3, -0.25) is 9.59 Å². The standard InChI is InChI=1S/C25H23NO3/c1-18-11-13-20(14-12-18)23(27)17-25(29)21-9-5-6-10-22(21)26(24(25)28)16-15-19-7-3-2-4-8-19/h2-14,29H,15-17H2,1H3/t25-/m1/s1. The van der Waals surface area contributed by atoms with Crippen molar-refractivity contribution in [1.82, 2.24) is 0 Å². The fourth-order valence-corrected chi connectivity index (χ4v) is 3.86. The lowest BCUT2D eigenvalue weighted by molar-refractivity contribution is -0.135. The molecule has 4 nitrogen and oxygen atoms in total. The maximum Gasteiger partial charge on any atom is 0.264 e. The first-order chi connectivity index (χ1) is 14.0. The number of fused-ring (bicyclic) bond motifs is 1. The molecule has 4 heteroatoms. The number of rotatable bonds is 6. The maximum atomic E-state index is 13.3. The summed E-state index contributed by atoms with van der Waals surface area (Å²) in [6.45, 7) is 2.39. The quantitative estimate of drug-likeness (QED) is 0.652. The zero-order chi connectivity index (χ0) is 20.4. The van der Waals surface area contributed by atoms with Crippen LogP contribution in [0.5, 0.6) is 0 Å². The number of carbonyl (C=O) groups excluding carboxylic acids is 2. The molecule has 1 N–H and O–H groups in total. The highest BCUT2D eigenvalue weighted by Gasteiger charge is 2.50. The minimum absolute atomic E-state index is 0.249. The molecule has 0 radical (unpaired) electrons. The molecule has 0 bridgehead atoms. The Balaban J connectivity index is 1.60. The fourth-order valence-electron chi connectivity index (χ4n) is 3.86. The Hall–Kier alpha value is -3.24. The van der Waals surface area contributed by atoms with Gasteiger partial charge in [0.1, 0.15) is 0 Å². The second-order valence-electron chi connectivity index (χ2n) is 7.54. The number of nitrogens with zero attached hydrogens (tertiary/aromatic N) is 1. The number of carbonyl (C=O) groups is 2. The number of amides is 1. The maximum absolute atomic E-state index is 13.3. The summed E-state index contributed by atoms with van der Waals surface area (Å²) < 4.78 is 0. The number of hydrogen-bond donors (Lipinski definition) is 1. The van der Waals surface area contributed by atoms with Crippen molar-refractivity contribution in [2.24, 2.45) is 0 Å². The zero-order valence-corrected chi connectivity index (χ0v) is 16.3. The molecular formula is C25H23NO3. The lowest BCUT2D eigenvalue weighted by Gasteiger charge is -2.23. The number of benzene rings is 3. The summed E-state index contributed by atoms with van der Waals surface area (Å²) in [6, 6.07) is 24.3. The van der Waals surface area contributed by atoms with E-state index in [1.807, 2.05) is 61.5 Å². The van der Waals surface area contributed by atoms with E-state index in [1.54, 1.807) is 29.2 Å². The lowest BCUT2D eigenvalue weighted by Crippen LogP contribution is -2.42. The molecule has 3 aromatic carbocycles. The van der Waals surface area contributed by atoms with Crippen LogP contribution in [-0.4, -0.2) is 23.3 Å². The van der Waals surface area contributed by atoms with Gasteiger partial charge in [-0.15, -0.1) is 0 Å². The lowest BCUT2D eigenvalue weighted by atomic mass is 9.88. The summed E-state index contributed by atoms with van der Waals surface area (Å²) in [5, 5.41) is 11.4. The van der Waals surface area contributed by atoms with Gasteiger partial charge < -0.3 is 10.0 Å². The van der Waals surface area contributed by atoms with E-state index >= 15 is 0 Å². The predicted molar refractivity (Wildman–Crippen MR) is 113 cm³/mol. The van der Waals surface area contributed by atoms with E-state index in [9.17, 15) is 14.7 Å². The Kier molecular flexibility index (Phi) is 5.03. The molecule has 146 valence electrons. The van der Waals surface area contributed by atoms with Gasteiger partial charge >= 0.3 is 0 Å². The van der Waals surface area contributed by atoms with Crippen molar-refractivity contribution < 1.29 is 14.7 Å². The van der Waals surface area contributed by atoms with Crippen LogP contribution in [0.3, 0.4) is 0 Å². The molecule has 0 aromatic heterocycles. The van der Waals surface area contributed by atoms with Gasteiger partial charge in [-0.2, -0.15) is 0 Å². The van der Waals surface area contributed by atoms with E-state index in [4.69, 9.17) is 0 Å². The molecule has 1 aliphatic heterocycles. The summed E-state index contributed by atoms with van der Waals surface area (Å²) in [7, 11) is 0. The molecule has 1 heterocycles. The van der Waals surface area contributed by atoms with Gasteiger partial charge in [0.05, 0.1) is 12.1 Å². The number of Topliss-reactive ketones (excluding diaryl/α,β-unsaturated/α-hetero) is 1. The normalized spacial score (nSPS) is 18.0. The Labute approximate surface area is 170 Å². The first-order valence-corrected chi connectivity index (χ1v) is 9.77. The van der Waals surface area contributed by atoms with Crippen LogP contribution in [0.4, 0.5) is 5.69 Å². The molecule has 0 saturated heterocycles. The molecule has 1 aliphatic rings. The average molecular weight is 385 g/mol. The highest BCUT2D eigenvalue weighted by molar-refractivity contribution is 6.10. The van der Waals surface area contributed by atoms with Crippen LogP contribution < -0.4 is 4.90 Å². The van der Waals surface area contributed by atoms with Gasteiger partial charge in [-0.1, -0.05) is 78.4 Å². The van der Waals surface area contributed by atoms with Crippen LogP contribution in [0.2, 0.25) is 0 Å². The largest absolute Gasteiger partial charge is 0.375 e. The molecule has 1 amide bonds. The van der Waals surface area contributed by atoms with E-state index in [0.717, 1.165) is 11.1 Å². The second-order valence-corrected chi connectivity index (χ2v) is 7.54. The Morgan fingerprint density at radius 3 is 2.31 bits per heavy atom. The molecule has 0 unspecified atom stereocenters. The van der Waals surface area contributed by atoms with Crippen LogP contribution in [0.15, 0.2) is 78.9 Å². The van der Waals surface area contributed by atoms with Gasteiger partial charge in [0.15, 0.2) is 11.4 Å². The summed E-state index contributed by atoms with van der Waals surface area (Å²) in [5.41, 5.74) is 2.00. The first-order valence-electron chi connectivity index (χ1n) is 9.77. The third kappa shape index (κ3) is 3.59. The molecule has 0 fully saturated rings. The van der Waals surface area contributed by atoms with Crippen LogP contribution in [0.25, 0.3) is 0 Å². The van der Waals surface area contributed by atoms with Gasteiger partial charge in [-0.05, 0) is 25.0 Å². The fraction of sp³-hybridized carbons (Fsp3) is 0.200. The van der Waals surface area contributed by atoms with Gasteiger partial charge in [-0.25, -0.2) is 0 Å². The zero-order valence-electron chi connectivity index (χ0n) is 16.3. The molecule has 0 aliphatic carbocycles. The van der Waals surface area contributed by atoms with E-state index in [2.05, 4.69) is 0 Å². The molecular weight excluding hydrogens is 362 g/mol. The van der Waals surface area contributed by atoms with Crippen molar-refractivity contribution in [3.63, 3.8) is 0 Å². The summed E-state index contributed by atoms with van der Waals surface area (Å²) in [5.74, 6) is -0.685. The van der Waals surface area contributed by atoms with Gasteiger partial charge in [0.25, 0.3) is 5.91 Å². The number of ketones is 1. The summed E-state index contributed by atoms with van der Waals surface area (Å²) >= 11 is 0. The third-order valence-electron chi connectivity index (χ3n) is 5.50. The third-order valence-corrected chi connectivity index (χ3v) is 5.50. The number of para-hydroxylation sites is 1. The Bertz CT molecular complexity index is 1040. The Morgan fingerprint density at radius 2 is 1.59 bits per heavy atom. The van der Waals surface area contributed by atoms with E-state index < -0.39 is 11.5 Å². The highest BCUT2D eigenvalue weighted by atomic mass is 16.3. The summed E-state index contributed by atoms with van der Waals surface area (Å²) in [6.07, 6.45) is 0.399. The van der Waals surface area contributed by atoms with Crippen molar-refractivity contribution in [1.29, 1.82) is 0 Å². The number of aryl methyl sites for hydroxylation is 1. The van der Waals surface area contributed by atoms with Crippen LogP contribution in [-0.2, 0) is 16.8 Å². The average Bonchev–Trinajstić information content (AvgIpc) is 2.95.